The molecule has 0 aromatic carbocycles. The molecular weight excluding hydrogens is 394 g/mol. The van der Waals surface area contributed by atoms with Crippen molar-refractivity contribution in [1.82, 2.24) is 19.7 Å². The van der Waals surface area contributed by atoms with Crippen LogP contribution in [0.5, 0.6) is 0 Å². The topological polar surface area (TPSA) is 81.9 Å². The van der Waals surface area contributed by atoms with Crippen molar-refractivity contribution < 1.29 is 9.22 Å². The molecule has 8 heteroatoms. The Hall–Kier alpha value is -2.06. The van der Waals surface area contributed by atoms with Crippen molar-refractivity contribution in [2.24, 2.45) is 5.92 Å². The molecule has 1 fully saturated rings. The fourth-order valence-corrected chi connectivity index (χ4v) is 5.29. The van der Waals surface area contributed by atoms with Crippen molar-refractivity contribution in [2.45, 2.75) is 83.7 Å². The molecule has 2 aliphatic rings. The molecule has 0 spiro atoms. The Morgan fingerprint density at radius 3 is 2.73 bits per heavy atom. The molecule has 1 aliphatic heterocycles. The van der Waals surface area contributed by atoms with Gasteiger partial charge in [-0.05, 0) is 50.2 Å². The van der Waals surface area contributed by atoms with E-state index in [1.165, 1.54) is 24.9 Å². The molecule has 1 amide bonds. The maximum Gasteiger partial charge on any atom is 0.228 e. The first-order valence-electron chi connectivity index (χ1n) is 11.0. The summed E-state index contributed by atoms with van der Waals surface area (Å²) in [5.74, 6) is 0.559. The minimum absolute atomic E-state index is 0.0120. The van der Waals surface area contributed by atoms with E-state index in [4.69, 9.17) is 4.43 Å². The number of nitrogens with zero attached hydrogens (tertiary/aromatic N) is 4. The second kappa shape index (κ2) is 7.89. The Kier molecular flexibility index (Phi) is 5.57. The molecule has 0 unspecified atom stereocenters. The van der Waals surface area contributed by atoms with E-state index in [-0.39, 0.29) is 23.0 Å². The van der Waals surface area contributed by atoms with Gasteiger partial charge in [0.1, 0.15) is 12.1 Å². The molecule has 2 aromatic rings. The van der Waals surface area contributed by atoms with Gasteiger partial charge in [-0.25, -0.2) is 9.97 Å². The third kappa shape index (κ3) is 4.20. The van der Waals surface area contributed by atoms with Crippen LogP contribution in [0.1, 0.15) is 52.1 Å². The lowest BCUT2D eigenvalue weighted by Gasteiger charge is -2.44. The van der Waals surface area contributed by atoms with Crippen LogP contribution in [0.2, 0.25) is 18.1 Å². The first-order valence-corrected chi connectivity index (χ1v) is 13.9. The van der Waals surface area contributed by atoms with Crippen molar-refractivity contribution in [3.63, 3.8) is 0 Å². The van der Waals surface area contributed by atoms with Crippen LogP contribution >= 0.6 is 0 Å². The van der Waals surface area contributed by atoms with Crippen molar-refractivity contribution in [3.05, 3.63) is 24.3 Å². The molecule has 7 nitrogen and oxygen atoms in total. The number of rotatable bonds is 5. The number of nitrogens with one attached hydrogen (secondary N) is 1. The molecular formula is C22H33N5O2Si. The zero-order valence-corrected chi connectivity index (χ0v) is 19.7. The van der Waals surface area contributed by atoms with Gasteiger partial charge in [0, 0.05) is 35.9 Å². The molecule has 0 bridgehead atoms. The largest absolute Gasteiger partial charge is 0.414 e. The first-order chi connectivity index (χ1) is 14.1. The molecule has 1 aliphatic carbocycles. The lowest BCUT2D eigenvalue weighted by molar-refractivity contribution is -0.125. The Balaban J connectivity index is 1.36. The lowest BCUT2D eigenvalue weighted by atomic mass is 9.82. The Bertz CT molecular complexity index is 928. The summed E-state index contributed by atoms with van der Waals surface area (Å²) in [4.78, 5) is 21.4. The first kappa shape index (κ1) is 21.2. The quantitative estimate of drug-likeness (QED) is 0.715. The van der Waals surface area contributed by atoms with Crippen LogP contribution in [-0.2, 0) is 22.2 Å². The van der Waals surface area contributed by atoms with Crippen LogP contribution in [-0.4, -0.2) is 40.1 Å². The summed E-state index contributed by atoms with van der Waals surface area (Å²) < 4.78 is 8.48. The van der Waals surface area contributed by atoms with E-state index in [1.807, 2.05) is 12.3 Å². The molecule has 0 saturated heterocycles. The number of hydrogen-bond acceptors (Lipinski definition) is 5. The molecule has 1 N–H and O–H groups in total. The van der Waals surface area contributed by atoms with Crippen LogP contribution in [0.15, 0.2) is 18.6 Å². The maximum absolute atomic E-state index is 12.7. The van der Waals surface area contributed by atoms with E-state index < -0.39 is 8.32 Å². The van der Waals surface area contributed by atoms with Crippen molar-refractivity contribution >= 4 is 20.0 Å². The minimum atomic E-state index is -1.79. The molecule has 162 valence electrons. The normalized spacial score (nSPS) is 21.6. The fourth-order valence-electron chi connectivity index (χ4n) is 3.91. The third-order valence-electron chi connectivity index (χ3n) is 6.91. The van der Waals surface area contributed by atoms with Gasteiger partial charge in [-0.2, -0.15) is 5.10 Å². The van der Waals surface area contributed by atoms with Gasteiger partial charge in [0.25, 0.3) is 0 Å². The van der Waals surface area contributed by atoms with E-state index in [0.717, 1.165) is 37.1 Å². The van der Waals surface area contributed by atoms with Gasteiger partial charge in [-0.3, -0.25) is 9.48 Å². The molecule has 3 heterocycles. The van der Waals surface area contributed by atoms with Crippen LogP contribution in [0.3, 0.4) is 0 Å². The van der Waals surface area contributed by atoms with Gasteiger partial charge in [0.15, 0.2) is 8.32 Å². The Morgan fingerprint density at radius 1 is 1.23 bits per heavy atom. The number of carbonyl (C=O) groups is 1. The van der Waals surface area contributed by atoms with E-state index in [0.29, 0.717) is 5.82 Å². The van der Waals surface area contributed by atoms with E-state index in [2.05, 4.69) is 58.9 Å². The predicted molar refractivity (Wildman–Crippen MR) is 120 cm³/mol. The molecule has 0 radical (unpaired) electrons. The van der Waals surface area contributed by atoms with Crippen molar-refractivity contribution in [2.75, 3.05) is 5.32 Å². The molecule has 4 rings (SSSR count). The van der Waals surface area contributed by atoms with Crippen molar-refractivity contribution in [1.29, 1.82) is 0 Å². The highest BCUT2D eigenvalue weighted by atomic mass is 28.4. The summed E-state index contributed by atoms with van der Waals surface area (Å²) in [6.45, 7) is 12.2. The Labute approximate surface area is 179 Å². The molecule has 30 heavy (non-hydrogen) atoms. The van der Waals surface area contributed by atoms with Gasteiger partial charge in [0.05, 0.1) is 11.9 Å². The lowest BCUT2D eigenvalue weighted by Crippen LogP contribution is -2.49. The molecule has 2 aromatic heterocycles. The average Bonchev–Trinajstić information content (AvgIpc) is 3.07. The summed E-state index contributed by atoms with van der Waals surface area (Å²) in [7, 11) is -1.79. The zero-order valence-electron chi connectivity index (χ0n) is 18.7. The second-order valence-electron chi connectivity index (χ2n) is 10.1. The van der Waals surface area contributed by atoms with Crippen LogP contribution in [0.25, 0.3) is 11.3 Å². The van der Waals surface area contributed by atoms with Gasteiger partial charge in [-0.15, -0.1) is 0 Å². The maximum atomic E-state index is 12.7. The minimum Gasteiger partial charge on any atom is -0.414 e. The van der Waals surface area contributed by atoms with E-state index >= 15 is 0 Å². The van der Waals surface area contributed by atoms with Crippen LogP contribution < -0.4 is 5.32 Å². The highest BCUT2D eigenvalue weighted by Gasteiger charge is 2.44. The Morgan fingerprint density at radius 2 is 2.00 bits per heavy atom. The van der Waals surface area contributed by atoms with E-state index in [9.17, 15) is 4.79 Å². The molecule has 0 atom stereocenters. The average molecular weight is 428 g/mol. The smallest absolute Gasteiger partial charge is 0.228 e. The number of aryl methyl sites for hydroxylation is 1. The van der Waals surface area contributed by atoms with Gasteiger partial charge in [0.2, 0.25) is 5.91 Å². The molecule has 1 saturated carbocycles. The highest BCUT2D eigenvalue weighted by molar-refractivity contribution is 6.74. The zero-order chi connectivity index (χ0) is 21.5. The van der Waals surface area contributed by atoms with Gasteiger partial charge < -0.3 is 9.74 Å². The number of fused-ring (bicyclic) bond motifs is 1. The summed E-state index contributed by atoms with van der Waals surface area (Å²) in [5, 5.41) is 7.65. The summed E-state index contributed by atoms with van der Waals surface area (Å²) >= 11 is 0. The van der Waals surface area contributed by atoms with Crippen LogP contribution in [0, 0.1) is 5.92 Å². The SMILES string of the molecule is CC(C)(C)[Si](C)(C)OC1CC(C(=O)Nc2cc(-c3cnn4c3CCCC4)ncn2)C1. The third-order valence-corrected chi connectivity index (χ3v) is 11.4. The fraction of sp³-hybridized carbons (Fsp3) is 0.636. The monoisotopic (exact) mass is 427 g/mol. The standard InChI is InChI=1S/C22H33N5O2Si/c1-22(2,3)30(4,5)29-16-10-15(11-16)21(28)26-20-12-18(23-14-24-20)17-13-25-27-9-7-6-8-19(17)27/h12-16H,6-11H2,1-5H3,(H,23,24,26,28). The number of hydrogen-bond donors (Lipinski definition) is 1. The van der Waals surface area contributed by atoms with Gasteiger partial charge >= 0.3 is 0 Å². The number of aromatic nitrogens is 4. The number of carbonyl (C=O) groups excluding carboxylic acids is 1. The number of amides is 1. The van der Waals surface area contributed by atoms with Gasteiger partial charge in [-0.1, -0.05) is 20.8 Å². The highest BCUT2D eigenvalue weighted by Crippen LogP contribution is 2.41. The number of anilines is 1. The summed E-state index contributed by atoms with van der Waals surface area (Å²) in [6, 6.07) is 1.85. The van der Waals surface area contributed by atoms with E-state index in [1.54, 1.807) is 0 Å². The second-order valence-corrected chi connectivity index (χ2v) is 14.9. The van der Waals surface area contributed by atoms with Crippen molar-refractivity contribution in [3.8, 4) is 11.3 Å². The summed E-state index contributed by atoms with van der Waals surface area (Å²) in [5.41, 5.74) is 3.08. The summed E-state index contributed by atoms with van der Waals surface area (Å²) in [6.07, 6.45) is 8.51. The predicted octanol–water partition coefficient (Wildman–Crippen LogP) is 4.42. The van der Waals surface area contributed by atoms with Crippen LogP contribution in [0.4, 0.5) is 5.82 Å².